The molecule has 0 radical (unpaired) electrons. The number of hydrogen-bond donors (Lipinski definition) is 0. The lowest BCUT2D eigenvalue weighted by molar-refractivity contribution is 0.387. The van der Waals surface area contributed by atoms with Crippen LogP contribution in [0.1, 0.15) is 11.3 Å². The van der Waals surface area contributed by atoms with Gasteiger partial charge in [0.25, 0.3) is 0 Å². The Morgan fingerprint density at radius 3 is 2.74 bits per heavy atom. The van der Waals surface area contributed by atoms with E-state index in [0.29, 0.717) is 24.4 Å². The van der Waals surface area contributed by atoms with Crippen LogP contribution in [0.2, 0.25) is 0 Å². The molecule has 0 fully saturated rings. The van der Waals surface area contributed by atoms with Gasteiger partial charge in [0.2, 0.25) is 10.0 Å². The minimum absolute atomic E-state index is 0.325. The van der Waals surface area contributed by atoms with Crippen LogP contribution in [0.15, 0.2) is 59.9 Å². The Morgan fingerprint density at radius 2 is 1.87 bits per heavy atom. The predicted octanol–water partition coefficient (Wildman–Crippen LogP) is 2.38. The van der Waals surface area contributed by atoms with Gasteiger partial charge in [0, 0.05) is 37.0 Å². The van der Waals surface area contributed by atoms with E-state index >= 15 is 0 Å². The highest BCUT2D eigenvalue weighted by Gasteiger charge is 2.29. The van der Waals surface area contributed by atoms with Crippen LogP contribution < -0.4 is 0 Å². The Kier molecular flexibility index (Phi) is 3.36. The van der Waals surface area contributed by atoms with Crippen LogP contribution in [0.5, 0.6) is 0 Å². The molecule has 6 heteroatoms. The molecule has 5 nitrogen and oxygen atoms in total. The summed E-state index contributed by atoms with van der Waals surface area (Å²) < 4.78 is 27.4. The summed E-state index contributed by atoms with van der Waals surface area (Å²) in [5, 5.41) is 1.96. The monoisotopic (exact) mass is 325 g/mol. The molecule has 0 saturated carbocycles. The molecule has 116 valence electrons. The molecule has 1 aliphatic heterocycles. The van der Waals surface area contributed by atoms with Gasteiger partial charge in [-0.2, -0.15) is 4.31 Å². The van der Waals surface area contributed by atoms with Crippen molar-refractivity contribution in [2.24, 2.45) is 0 Å². The molecule has 0 bridgehead atoms. The van der Waals surface area contributed by atoms with E-state index in [9.17, 15) is 8.42 Å². The first kappa shape index (κ1) is 14.3. The molecule has 2 heterocycles. The normalized spacial score (nSPS) is 15.5. The number of aromatic nitrogens is 2. The van der Waals surface area contributed by atoms with Gasteiger partial charge in [-0.05, 0) is 22.9 Å². The highest BCUT2D eigenvalue weighted by molar-refractivity contribution is 7.89. The first-order chi connectivity index (χ1) is 11.1. The lowest BCUT2D eigenvalue weighted by Crippen LogP contribution is -2.36. The van der Waals surface area contributed by atoms with E-state index in [1.54, 1.807) is 18.3 Å². The SMILES string of the molecule is O=S(=O)(c1ccc2ccccc2c1)N1CCc2ncncc2C1. The van der Waals surface area contributed by atoms with E-state index in [4.69, 9.17) is 0 Å². The highest BCUT2D eigenvalue weighted by Crippen LogP contribution is 2.25. The summed E-state index contributed by atoms with van der Waals surface area (Å²) in [5.74, 6) is 0. The second kappa shape index (κ2) is 5.40. The Bertz CT molecular complexity index is 986. The zero-order valence-corrected chi connectivity index (χ0v) is 13.2. The van der Waals surface area contributed by atoms with Gasteiger partial charge < -0.3 is 0 Å². The molecule has 0 aliphatic carbocycles. The van der Waals surface area contributed by atoms with E-state index in [2.05, 4.69) is 9.97 Å². The minimum atomic E-state index is -3.52. The first-order valence-electron chi connectivity index (χ1n) is 7.41. The van der Waals surface area contributed by atoms with Gasteiger partial charge >= 0.3 is 0 Å². The van der Waals surface area contributed by atoms with Crippen molar-refractivity contribution in [1.82, 2.24) is 14.3 Å². The highest BCUT2D eigenvalue weighted by atomic mass is 32.2. The maximum absolute atomic E-state index is 12.9. The summed E-state index contributed by atoms with van der Waals surface area (Å²) in [5.41, 5.74) is 1.81. The molecule has 0 atom stereocenters. The summed E-state index contributed by atoms with van der Waals surface area (Å²) in [6.07, 6.45) is 3.82. The number of sulfonamides is 1. The van der Waals surface area contributed by atoms with Crippen molar-refractivity contribution in [2.75, 3.05) is 6.54 Å². The van der Waals surface area contributed by atoms with Gasteiger partial charge in [-0.3, -0.25) is 0 Å². The number of rotatable bonds is 2. The maximum Gasteiger partial charge on any atom is 0.243 e. The fourth-order valence-corrected chi connectivity index (χ4v) is 4.38. The summed E-state index contributed by atoms with van der Waals surface area (Å²) in [6.45, 7) is 0.768. The van der Waals surface area contributed by atoms with Crippen molar-refractivity contribution in [1.29, 1.82) is 0 Å². The molecule has 4 rings (SSSR count). The molecule has 23 heavy (non-hydrogen) atoms. The van der Waals surface area contributed by atoms with Crippen molar-refractivity contribution in [3.63, 3.8) is 0 Å². The minimum Gasteiger partial charge on any atom is -0.244 e. The van der Waals surface area contributed by atoms with Gasteiger partial charge in [0.15, 0.2) is 0 Å². The fourth-order valence-electron chi connectivity index (χ4n) is 2.92. The van der Waals surface area contributed by atoms with Gasteiger partial charge in [-0.1, -0.05) is 30.3 Å². The summed E-state index contributed by atoms with van der Waals surface area (Å²) in [6, 6.07) is 13.0. The van der Waals surface area contributed by atoms with Crippen molar-refractivity contribution in [2.45, 2.75) is 17.9 Å². The van der Waals surface area contributed by atoms with Crippen LogP contribution in [-0.2, 0) is 23.0 Å². The standard InChI is InChI=1S/C17H15N3O2S/c21-23(22,16-6-5-13-3-1-2-4-14(13)9-16)20-8-7-17-15(11-20)10-18-12-19-17/h1-6,9-10,12H,7-8,11H2. The molecule has 0 N–H and O–H groups in total. The Hall–Kier alpha value is -2.31. The molecule has 3 aromatic rings. The fraction of sp³-hybridized carbons (Fsp3) is 0.176. The van der Waals surface area contributed by atoms with E-state index < -0.39 is 10.0 Å². The largest absolute Gasteiger partial charge is 0.244 e. The smallest absolute Gasteiger partial charge is 0.243 e. The Morgan fingerprint density at radius 1 is 1.04 bits per heavy atom. The van der Waals surface area contributed by atoms with Gasteiger partial charge in [0.1, 0.15) is 6.33 Å². The lowest BCUT2D eigenvalue weighted by Gasteiger charge is -2.27. The van der Waals surface area contributed by atoms with E-state index in [-0.39, 0.29) is 0 Å². The van der Waals surface area contributed by atoms with Gasteiger partial charge in [-0.25, -0.2) is 18.4 Å². The molecule has 0 amide bonds. The zero-order valence-electron chi connectivity index (χ0n) is 12.4. The third-order valence-electron chi connectivity index (χ3n) is 4.18. The van der Waals surface area contributed by atoms with Gasteiger partial charge in [-0.15, -0.1) is 0 Å². The Labute approximate surface area is 134 Å². The first-order valence-corrected chi connectivity index (χ1v) is 8.85. The predicted molar refractivity (Wildman–Crippen MR) is 87.3 cm³/mol. The molecule has 0 spiro atoms. The lowest BCUT2D eigenvalue weighted by atomic mass is 10.1. The van der Waals surface area contributed by atoms with Crippen LogP contribution in [-0.4, -0.2) is 29.2 Å². The van der Waals surface area contributed by atoms with Crippen LogP contribution >= 0.6 is 0 Å². The topological polar surface area (TPSA) is 63.2 Å². The molecule has 1 aliphatic rings. The zero-order chi connectivity index (χ0) is 15.9. The summed E-state index contributed by atoms with van der Waals surface area (Å²) in [4.78, 5) is 8.54. The van der Waals surface area contributed by atoms with Gasteiger partial charge in [0.05, 0.1) is 4.90 Å². The second-order valence-corrected chi connectivity index (χ2v) is 7.53. The molecular weight excluding hydrogens is 310 g/mol. The van der Waals surface area contributed by atoms with Crippen molar-refractivity contribution >= 4 is 20.8 Å². The van der Waals surface area contributed by atoms with Crippen LogP contribution in [0.25, 0.3) is 10.8 Å². The number of fused-ring (bicyclic) bond motifs is 2. The van der Waals surface area contributed by atoms with E-state index in [1.807, 2.05) is 30.3 Å². The van der Waals surface area contributed by atoms with E-state index in [1.165, 1.54) is 10.6 Å². The molecule has 2 aromatic carbocycles. The molecule has 0 unspecified atom stereocenters. The van der Waals surface area contributed by atoms with Crippen LogP contribution in [0, 0.1) is 0 Å². The van der Waals surface area contributed by atoms with Crippen molar-refractivity contribution in [3.8, 4) is 0 Å². The third kappa shape index (κ3) is 2.50. The molecule has 1 aromatic heterocycles. The number of benzene rings is 2. The second-order valence-electron chi connectivity index (χ2n) is 5.59. The molecular formula is C17H15N3O2S. The number of nitrogens with zero attached hydrogens (tertiary/aromatic N) is 3. The van der Waals surface area contributed by atoms with Crippen molar-refractivity contribution in [3.05, 3.63) is 66.2 Å². The van der Waals surface area contributed by atoms with Crippen LogP contribution in [0.3, 0.4) is 0 Å². The van der Waals surface area contributed by atoms with E-state index in [0.717, 1.165) is 22.0 Å². The quantitative estimate of drug-likeness (QED) is 0.726. The summed E-state index contributed by atoms with van der Waals surface area (Å²) in [7, 11) is -3.52. The third-order valence-corrected chi connectivity index (χ3v) is 6.03. The maximum atomic E-state index is 12.9. The Balaban J connectivity index is 1.72. The molecule has 0 saturated heterocycles. The number of hydrogen-bond acceptors (Lipinski definition) is 4. The van der Waals surface area contributed by atoms with Crippen molar-refractivity contribution < 1.29 is 8.42 Å². The summed E-state index contributed by atoms with van der Waals surface area (Å²) >= 11 is 0. The van der Waals surface area contributed by atoms with Crippen LogP contribution in [0.4, 0.5) is 0 Å². The average Bonchev–Trinajstić information content (AvgIpc) is 2.61. The average molecular weight is 325 g/mol.